The first-order valence-electron chi connectivity index (χ1n) is 5.69. The van der Waals surface area contributed by atoms with E-state index < -0.39 is 0 Å². The Bertz CT molecular complexity index is 262. The lowest BCUT2D eigenvalue weighted by atomic mass is 10.3. The molecule has 0 unspecified atom stereocenters. The molecule has 0 aliphatic heterocycles. The zero-order valence-corrected chi connectivity index (χ0v) is 11.8. The molecule has 0 bridgehead atoms. The molecule has 92 valence electrons. The zero-order valence-electron chi connectivity index (χ0n) is 10.1. The van der Waals surface area contributed by atoms with E-state index in [0.29, 0.717) is 6.04 Å². The standard InChI is InChI=1S/C12H21NOS2/c1-11(2)13(5-6-14-7-8-15)10-12-4-3-9-16-12/h3-4,9,11,15H,5-8,10H2,1-2H3. The van der Waals surface area contributed by atoms with E-state index in [9.17, 15) is 0 Å². The molecule has 1 aromatic rings. The summed E-state index contributed by atoms with van der Waals surface area (Å²) in [5.74, 6) is 0.798. The highest BCUT2D eigenvalue weighted by atomic mass is 32.1. The van der Waals surface area contributed by atoms with Gasteiger partial charge in [-0.3, -0.25) is 4.90 Å². The van der Waals surface area contributed by atoms with Crippen LogP contribution >= 0.6 is 24.0 Å². The summed E-state index contributed by atoms with van der Waals surface area (Å²) in [6, 6.07) is 4.85. The number of thiol groups is 1. The van der Waals surface area contributed by atoms with Crippen molar-refractivity contribution < 1.29 is 4.74 Å². The molecule has 1 rings (SSSR count). The van der Waals surface area contributed by atoms with Crippen molar-refractivity contribution >= 4 is 24.0 Å². The largest absolute Gasteiger partial charge is 0.379 e. The highest BCUT2D eigenvalue weighted by Crippen LogP contribution is 2.13. The second kappa shape index (κ2) is 8.12. The van der Waals surface area contributed by atoms with Crippen LogP contribution in [0.2, 0.25) is 0 Å². The predicted octanol–water partition coefficient (Wildman–Crippen LogP) is 2.90. The van der Waals surface area contributed by atoms with E-state index in [4.69, 9.17) is 4.74 Å². The quantitative estimate of drug-likeness (QED) is 0.569. The van der Waals surface area contributed by atoms with Crippen LogP contribution in [0.1, 0.15) is 18.7 Å². The molecule has 0 saturated heterocycles. The molecule has 1 heterocycles. The first kappa shape index (κ1) is 14.0. The highest BCUT2D eigenvalue weighted by molar-refractivity contribution is 7.80. The van der Waals surface area contributed by atoms with Gasteiger partial charge in [0.25, 0.3) is 0 Å². The Labute approximate surface area is 108 Å². The predicted molar refractivity (Wildman–Crippen MR) is 74.5 cm³/mol. The fraction of sp³-hybridized carbons (Fsp3) is 0.667. The second-order valence-corrected chi connectivity index (χ2v) is 5.46. The van der Waals surface area contributed by atoms with E-state index in [1.54, 1.807) is 0 Å². The number of hydrogen-bond donors (Lipinski definition) is 1. The molecule has 0 saturated carbocycles. The minimum atomic E-state index is 0.557. The molecule has 0 aliphatic carbocycles. The third-order valence-corrected chi connectivity index (χ3v) is 3.47. The fourth-order valence-corrected chi connectivity index (χ4v) is 2.33. The van der Waals surface area contributed by atoms with Crippen molar-refractivity contribution in [2.75, 3.05) is 25.5 Å². The van der Waals surface area contributed by atoms with Gasteiger partial charge < -0.3 is 4.74 Å². The Balaban J connectivity index is 2.30. The third kappa shape index (κ3) is 5.34. The molecule has 0 aliphatic rings. The average Bonchev–Trinajstić information content (AvgIpc) is 2.75. The van der Waals surface area contributed by atoms with Crippen molar-refractivity contribution in [2.45, 2.75) is 26.4 Å². The van der Waals surface area contributed by atoms with Gasteiger partial charge in [0.2, 0.25) is 0 Å². The lowest BCUT2D eigenvalue weighted by molar-refractivity contribution is 0.0994. The van der Waals surface area contributed by atoms with E-state index >= 15 is 0 Å². The van der Waals surface area contributed by atoms with Gasteiger partial charge in [-0.25, -0.2) is 0 Å². The molecule has 4 heteroatoms. The van der Waals surface area contributed by atoms with Crippen molar-refractivity contribution in [2.24, 2.45) is 0 Å². The van der Waals surface area contributed by atoms with Crippen LogP contribution in [-0.4, -0.2) is 36.5 Å². The third-order valence-electron chi connectivity index (χ3n) is 2.43. The number of nitrogens with zero attached hydrogens (tertiary/aromatic N) is 1. The molecule has 2 nitrogen and oxygen atoms in total. The Hall–Kier alpha value is -0.0300. The van der Waals surface area contributed by atoms with Crippen LogP contribution in [0.5, 0.6) is 0 Å². The number of ether oxygens (including phenoxy) is 1. The van der Waals surface area contributed by atoms with Gasteiger partial charge in [-0.1, -0.05) is 6.07 Å². The molecular formula is C12H21NOS2. The molecule has 0 fully saturated rings. The number of rotatable bonds is 8. The maximum Gasteiger partial charge on any atom is 0.0594 e. The molecule has 0 amide bonds. The van der Waals surface area contributed by atoms with Gasteiger partial charge >= 0.3 is 0 Å². The molecule has 1 aromatic heterocycles. The Morgan fingerprint density at radius 3 is 2.81 bits per heavy atom. The van der Waals surface area contributed by atoms with Crippen LogP contribution < -0.4 is 0 Å². The molecule has 0 atom stereocenters. The summed E-state index contributed by atoms with van der Waals surface area (Å²) < 4.78 is 5.47. The molecule has 0 spiro atoms. The lowest BCUT2D eigenvalue weighted by Gasteiger charge is -2.25. The summed E-state index contributed by atoms with van der Waals surface area (Å²) in [4.78, 5) is 3.85. The summed E-state index contributed by atoms with van der Waals surface area (Å²) >= 11 is 5.94. The van der Waals surface area contributed by atoms with Crippen LogP contribution in [0, 0.1) is 0 Å². The van der Waals surface area contributed by atoms with Crippen molar-refractivity contribution in [3.05, 3.63) is 22.4 Å². The first-order valence-corrected chi connectivity index (χ1v) is 7.20. The number of thiophene rings is 1. The van der Waals surface area contributed by atoms with Crippen molar-refractivity contribution in [1.82, 2.24) is 4.90 Å². The Morgan fingerprint density at radius 2 is 2.25 bits per heavy atom. The monoisotopic (exact) mass is 259 g/mol. The summed E-state index contributed by atoms with van der Waals surface area (Å²) in [7, 11) is 0. The molecule has 16 heavy (non-hydrogen) atoms. The lowest BCUT2D eigenvalue weighted by Crippen LogP contribution is -2.33. The van der Waals surface area contributed by atoms with E-state index in [0.717, 1.165) is 32.1 Å². The van der Waals surface area contributed by atoms with Gasteiger partial charge in [-0.15, -0.1) is 11.3 Å². The number of hydrogen-bond acceptors (Lipinski definition) is 4. The summed E-state index contributed by atoms with van der Waals surface area (Å²) in [6.45, 7) is 8.01. The SMILES string of the molecule is CC(C)N(CCOCCS)Cc1cccs1. The van der Waals surface area contributed by atoms with E-state index in [2.05, 4.69) is 48.9 Å². The van der Waals surface area contributed by atoms with E-state index in [-0.39, 0.29) is 0 Å². The van der Waals surface area contributed by atoms with Crippen LogP contribution in [-0.2, 0) is 11.3 Å². The normalized spacial score (nSPS) is 11.6. The van der Waals surface area contributed by atoms with Crippen LogP contribution in [0.15, 0.2) is 17.5 Å². The van der Waals surface area contributed by atoms with Gasteiger partial charge in [0.05, 0.1) is 13.2 Å². The van der Waals surface area contributed by atoms with E-state index in [1.165, 1.54) is 4.88 Å². The van der Waals surface area contributed by atoms with Crippen LogP contribution in [0.25, 0.3) is 0 Å². The average molecular weight is 259 g/mol. The Kier molecular flexibility index (Phi) is 7.12. The molecular weight excluding hydrogens is 238 g/mol. The maximum absolute atomic E-state index is 5.47. The van der Waals surface area contributed by atoms with Gasteiger partial charge in [-0.05, 0) is 25.3 Å². The van der Waals surface area contributed by atoms with Crippen LogP contribution in [0.4, 0.5) is 0 Å². The molecule has 0 aromatic carbocycles. The first-order chi connectivity index (χ1) is 7.74. The second-order valence-electron chi connectivity index (χ2n) is 3.98. The fourth-order valence-electron chi connectivity index (χ4n) is 1.47. The van der Waals surface area contributed by atoms with Gasteiger partial charge in [0, 0.05) is 29.8 Å². The topological polar surface area (TPSA) is 12.5 Å². The summed E-state index contributed by atoms with van der Waals surface area (Å²) in [5.41, 5.74) is 0. The van der Waals surface area contributed by atoms with Gasteiger partial charge in [0.1, 0.15) is 0 Å². The maximum atomic E-state index is 5.47. The van der Waals surface area contributed by atoms with Gasteiger partial charge in [0.15, 0.2) is 0 Å². The summed E-state index contributed by atoms with van der Waals surface area (Å²) in [5, 5.41) is 2.13. The minimum Gasteiger partial charge on any atom is -0.379 e. The smallest absolute Gasteiger partial charge is 0.0594 e. The van der Waals surface area contributed by atoms with Crippen molar-refractivity contribution in [3.63, 3.8) is 0 Å². The highest BCUT2D eigenvalue weighted by Gasteiger charge is 2.10. The van der Waals surface area contributed by atoms with Crippen LogP contribution in [0.3, 0.4) is 0 Å². The Morgan fingerprint density at radius 1 is 1.44 bits per heavy atom. The summed E-state index contributed by atoms with van der Waals surface area (Å²) in [6.07, 6.45) is 0. The van der Waals surface area contributed by atoms with Crippen molar-refractivity contribution in [1.29, 1.82) is 0 Å². The molecule has 0 N–H and O–H groups in total. The zero-order chi connectivity index (χ0) is 11.8. The van der Waals surface area contributed by atoms with Gasteiger partial charge in [-0.2, -0.15) is 12.6 Å². The van der Waals surface area contributed by atoms with Crippen molar-refractivity contribution in [3.8, 4) is 0 Å². The molecule has 0 radical (unpaired) electrons. The minimum absolute atomic E-state index is 0.557. The van der Waals surface area contributed by atoms with E-state index in [1.807, 2.05) is 11.3 Å².